The van der Waals surface area contributed by atoms with Crippen LogP contribution >= 0.6 is 0 Å². The molecule has 0 fully saturated rings. The normalized spacial score (nSPS) is 15.7. The summed E-state index contributed by atoms with van der Waals surface area (Å²) in [5.74, 6) is 0.571. The lowest BCUT2D eigenvalue weighted by atomic mass is 9.87. The summed E-state index contributed by atoms with van der Waals surface area (Å²) >= 11 is 0. The zero-order chi connectivity index (χ0) is 18.6. The lowest BCUT2D eigenvalue weighted by molar-refractivity contribution is 0.280. The molecule has 1 aliphatic carbocycles. The Morgan fingerprint density at radius 3 is 2.33 bits per heavy atom. The molecule has 3 aromatic carbocycles. The Morgan fingerprint density at radius 1 is 0.815 bits per heavy atom. The fourth-order valence-electron chi connectivity index (χ4n) is 4.51. The van der Waals surface area contributed by atoms with E-state index in [2.05, 4.69) is 67.6 Å². The van der Waals surface area contributed by atoms with Gasteiger partial charge >= 0.3 is 0 Å². The number of rotatable bonds is 6. The van der Waals surface area contributed by atoms with Gasteiger partial charge in [0, 0.05) is 0 Å². The lowest BCUT2D eigenvalue weighted by Gasteiger charge is -2.18. The van der Waals surface area contributed by atoms with Crippen LogP contribution in [0.2, 0.25) is 0 Å². The van der Waals surface area contributed by atoms with Gasteiger partial charge < -0.3 is 5.11 Å². The first kappa shape index (κ1) is 18.0. The number of aliphatic hydroxyl groups is 1. The molecule has 4 rings (SSSR count). The molecule has 0 saturated heterocycles. The van der Waals surface area contributed by atoms with Crippen molar-refractivity contribution in [1.82, 2.24) is 0 Å². The van der Waals surface area contributed by atoms with Gasteiger partial charge in [-0.25, -0.2) is 0 Å². The van der Waals surface area contributed by atoms with Gasteiger partial charge in [-0.15, -0.1) is 0 Å². The molecular weight excluding hydrogens is 328 g/mol. The standard InChI is InChI=1S/C26H28O/c1-19-9-11-20(12-10-19)13-14-21-7-4-8-22-15-16-24(26(21)22)17-23-5-2-3-6-25(23)18-27/h2-12,24,27H,13-18H2,1H3. The second-order valence-corrected chi connectivity index (χ2v) is 7.84. The minimum Gasteiger partial charge on any atom is -0.392 e. The predicted octanol–water partition coefficient (Wildman–Crippen LogP) is 5.55. The molecule has 1 nitrogen and oxygen atoms in total. The Hall–Kier alpha value is -2.38. The first-order valence-corrected chi connectivity index (χ1v) is 10.1. The Morgan fingerprint density at radius 2 is 1.56 bits per heavy atom. The van der Waals surface area contributed by atoms with Crippen molar-refractivity contribution >= 4 is 0 Å². The second-order valence-electron chi connectivity index (χ2n) is 7.84. The van der Waals surface area contributed by atoms with Crippen LogP contribution in [0.1, 0.15) is 51.3 Å². The highest BCUT2D eigenvalue weighted by molar-refractivity contribution is 5.44. The third-order valence-corrected chi connectivity index (χ3v) is 6.02. The topological polar surface area (TPSA) is 20.2 Å². The smallest absolute Gasteiger partial charge is 0.0684 e. The summed E-state index contributed by atoms with van der Waals surface area (Å²) in [4.78, 5) is 0. The third kappa shape index (κ3) is 3.99. The first-order chi connectivity index (χ1) is 13.2. The van der Waals surface area contributed by atoms with Crippen LogP contribution in [-0.4, -0.2) is 5.11 Å². The summed E-state index contributed by atoms with van der Waals surface area (Å²) in [6, 6.07) is 24.1. The number of hydrogen-bond acceptors (Lipinski definition) is 1. The van der Waals surface area contributed by atoms with Gasteiger partial charge in [0.1, 0.15) is 0 Å². The van der Waals surface area contributed by atoms with Crippen LogP contribution in [0.3, 0.4) is 0 Å². The van der Waals surface area contributed by atoms with Crippen molar-refractivity contribution in [3.63, 3.8) is 0 Å². The van der Waals surface area contributed by atoms with E-state index in [4.69, 9.17) is 0 Å². The molecule has 138 valence electrons. The van der Waals surface area contributed by atoms with Gasteiger partial charge in [-0.05, 0) is 78.3 Å². The number of aliphatic hydroxyl groups excluding tert-OH is 1. The Bertz CT molecular complexity index is 908. The van der Waals surface area contributed by atoms with Crippen LogP contribution in [0, 0.1) is 6.92 Å². The van der Waals surface area contributed by atoms with Crippen molar-refractivity contribution < 1.29 is 5.11 Å². The van der Waals surface area contributed by atoms with Gasteiger partial charge in [0.2, 0.25) is 0 Å². The van der Waals surface area contributed by atoms with E-state index < -0.39 is 0 Å². The monoisotopic (exact) mass is 356 g/mol. The molecule has 0 aromatic heterocycles. The largest absolute Gasteiger partial charge is 0.392 e. The molecule has 0 bridgehead atoms. The molecule has 0 amide bonds. The van der Waals surface area contributed by atoms with Crippen LogP contribution < -0.4 is 0 Å². The minimum atomic E-state index is 0.130. The van der Waals surface area contributed by atoms with Gasteiger partial charge in [0.15, 0.2) is 0 Å². The molecule has 0 spiro atoms. The summed E-state index contributed by atoms with van der Waals surface area (Å²) in [5.41, 5.74) is 9.73. The van der Waals surface area contributed by atoms with E-state index in [0.717, 1.165) is 24.8 Å². The fraction of sp³-hybridized carbons (Fsp3) is 0.308. The average molecular weight is 357 g/mol. The Labute approximate surface area is 162 Å². The molecule has 1 atom stereocenters. The molecule has 1 unspecified atom stereocenters. The average Bonchev–Trinajstić information content (AvgIpc) is 3.11. The van der Waals surface area contributed by atoms with Gasteiger partial charge in [-0.1, -0.05) is 72.3 Å². The number of fused-ring (bicyclic) bond motifs is 1. The van der Waals surface area contributed by atoms with Crippen LogP contribution in [0.15, 0.2) is 66.7 Å². The highest BCUT2D eigenvalue weighted by Gasteiger charge is 2.25. The van der Waals surface area contributed by atoms with Crippen molar-refractivity contribution in [2.24, 2.45) is 0 Å². The quantitative estimate of drug-likeness (QED) is 0.614. The molecule has 27 heavy (non-hydrogen) atoms. The number of aryl methyl sites for hydroxylation is 4. The molecule has 0 heterocycles. The highest BCUT2D eigenvalue weighted by atomic mass is 16.3. The molecule has 0 radical (unpaired) electrons. The van der Waals surface area contributed by atoms with Gasteiger partial charge in [0.25, 0.3) is 0 Å². The van der Waals surface area contributed by atoms with Gasteiger partial charge in [0.05, 0.1) is 6.61 Å². The van der Waals surface area contributed by atoms with Crippen molar-refractivity contribution in [2.75, 3.05) is 0 Å². The van der Waals surface area contributed by atoms with Crippen LogP contribution in [0.4, 0.5) is 0 Å². The van der Waals surface area contributed by atoms with E-state index in [1.165, 1.54) is 40.7 Å². The van der Waals surface area contributed by atoms with Gasteiger partial charge in [-0.2, -0.15) is 0 Å². The molecular formula is C26H28O. The van der Waals surface area contributed by atoms with Crippen molar-refractivity contribution in [3.05, 3.63) is 106 Å². The Kier molecular flexibility index (Phi) is 5.40. The molecule has 1 aliphatic rings. The molecule has 3 aromatic rings. The predicted molar refractivity (Wildman–Crippen MR) is 112 cm³/mol. The van der Waals surface area contributed by atoms with E-state index >= 15 is 0 Å². The van der Waals surface area contributed by atoms with E-state index in [-0.39, 0.29) is 6.61 Å². The summed E-state index contributed by atoms with van der Waals surface area (Å²) in [7, 11) is 0. The number of benzene rings is 3. The van der Waals surface area contributed by atoms with Gasteiger partial charge in [-0.3, -0.25) is 0 Å². The molecule has 1 heteroatoms. The molecule has 1 N–H and O–H groups in total. The number of hydrogen-bond donors (Lipinski definition) is 1. The summed E-state index contributed by atoms with van der Waals surface area (Å²) in [6.45, 7) is 2.27. The van der Waals surface area contributed by atoms with Crippen molar-refractivity contribution in [3.8, 4) is 0 Å². The molecule has 0 aliphatic heterocycles. The van der Waals surface area contributed by atoms with E-state index in [0.29, 0.717) is 5.92 Å². The zero-order valence-electron chi connectivity index (χ0n) is 16.1. The van der Waals surface area contributed by atoms with Crippen LogP contribution in [0.5, 0.6) is 0 Å². The lowest BCUT2D eigenvalue weighted by Crippen LogP contribution is -2.06. The maximum Gasteiger partial charge on any atom is 0.0684 e. The third-order valence-electron chi connectivity index (χ3n) is 6.02. The van der Waals surface area contributed by atoms with Crippen molar-refractivity contribution in [1.29, 1.82) is 0 Å². The Balaban J connectivity index is 1.55. The fourth-order valence-corrected chi connectivity index (χ4v) is 4.51. The van der Waals surface area contributed by atoms with Crippen LogP contribution in [-0.2, 0) is 32.3 Å². The van der Waals surface area contributed by atoms with Crippen molar-refractivity contribution in [2.45, 2.75) is 51.6 Å². The van der Waals surface area contributed by atoms with Crippen LogP contribution in [0.25, 0.3) is 0 Å². The summed E-state index contributed by atoms with van der Waals surface area (Å²) < 4.78 is 0. The summed E-state index contributed by atoms with van der Waals surface area (Å²) in [6.07, 6.45) is 5.63. The maximum absolute atomic E-state index is 9.67. The highest BCUT2D eigenvalue weighted by Crippen LogP contribution is 2.38. The minimum absolute atomic E-state index is 0.130. The first-order valence-electron chi connectivity index (χ1n) is 10.1. The summed E-state index contributed by atoms with van der Waals surface area (Å²) in [5, 5.41) is 9.67. The maximum atomic E-state index is 9.67. The van der Waals surface area contributed by atoms with E-state index in [9.17, 15) is 5.11 Å². The van der Waals surface area contributed by atoms with E-state index in [1.807, 2.05) is 6.07 Å². The zero-order valence-corrected chi connectivity index (χ0v) is 16.1. The molecule has 0 saturated carbocycles. The second kappa shape index (κ2) is 8.10. The SMILES string of the molecule is Cc1ccc(CCc2cccc3c2C(Cc2ccccc2CO)CC3)cc1. The van der Waals surface area contributed by atoms with E-state index in [1.54, 1.807) is 5.56 Å².